The second kappa shape index (κ2) is 8.36. The average Bonchev–Trinajstić information content (AvgIpc) is 3.63. The first-order chi connectivity index (χ1) is 20.5. The summed E-state index contributed by atoms with van der Waals surface area (Å²) in [5, 5.41) is 3.67. The first kappa shape index (κ1) is 23.8. The van der Waals surface area contributed by atoms with Crippen LogP contribution in [0, 0.1) is 6.92 Å². The molecule has 0 amide bonds. The van der Waals surface area contributed by atoms with Crippen LogP contribution in [-0.2, 0) is 11.8 Å². The number of hydrogen-bond donors (Lipinski definition) is 0. The van der Waals surface area contributed by atoms with Gasteiger partial charge in [-0.25, -0.2) is 0 Å². The lowest BCUT2D eigenvalue weighted by Crippen LogP contribution is -2.14. The van der Waals surface area contributed by atoms with Gasteiger partial charge in [0.1, 0.15) is 11.2 Å². The Morgan fingerprint density at radius 2 is 1.43 bits per heavy atom. The summed E-state index contributed by atoms with van der Waals surface area (Å²) in [6, 6.07) is 35.6. The SMILES string of the molecule is Cc1cccc(-n2c3c(c4ccccc42)C=CCC3)c1-c1cccc2c1oc1c3c(ccc12)C(C)(C)c1ccccc1-3. The fraction of sp³-hybridized carbons (Fsp3) is 0.150. The Kier molecular flexibility index (Phi) is 4.75. The Morgan fingerprint density at radius 3 is 2.36 bits per heavy atom. The summed E-state index contributed by atoms with van der Waals surface area (Å²) in [5.41, 5.74) is 16.0. The molecule has 0 aliphatic heterocycles. The molecule has 0 N–H and O–H groups in total. The molecule has 0 bridgehead atoms. The third kappa shape index (κ3) is 2.99. The Balaban J connectivity index is 1.36. The first-order valence-electron chi connectivity index (χ1n) is 15.0. The molecule has 202 valence electrons. The molecule has 9 rings (SSSR count). The summed E-state index contributed by atoms with van der Waals surface area (Å²) in [4.78, 5) is 0. The number of rotatable bonds is 2. The Morgan fingerprint density at radius 1 is 0.667 bits per heavy atom. The summed E-state index contributed by atoms with van der Waals surface area (Å²) in [7, 11) is 0. The molecule has 7 aromatic rings. The van der Waals surface area contributed by atoms with E-state index in [1.165, 1.54) is 72.0 Å². The van der Waals surface area contributed by atoms with E-state index in [2.05, 4.69) is 135 Å². The smallest absolute Gasteiger partial charge is 0.143 e. The highest BCUT2D eigenvalue weighted by atomic mass is 16.3. The van der Waals surface area contributed by atoms with Crippen LogP contribution in [0.25, 0.3) is 66.9 Å². The predicted molar refractivity (Wildman–Crippen MR) is 176 cm³/mol. The minimum absolute atomic E-state index is 0.0614. The molecule has 42 heavy (non-hydrogen) atoms. The van der Waals surface area contributed by atoms with Crippen LogP contribution in [-0.4, -0.2) is 4.57 Å². The zero-order valence-corrected chi connectivity index (χ0v) is 24.2. The fourth-order valence-electron chi connectivity index (χ4n) is 7.87. The van der Waals surface area contributed by atoms with Crippen molar-refractivity contribution in [1.29, 1.82) is 0 Å². The van der Waals surface area contributed by atoms with E-state index in [0.29, 0.717) is 0 Å². The van der Waals surface area contributed by atoms with Gasteiger partial charge in [-0.15, -0.1) is 0 Å². The molecule has 2 aromatic heterocycles. The molecular weight excluding hydrogens is 510 g/mol. The summed E-state index contributed by atoms with van der Waals surface area (Å²) in [5.74, 6) is 0. The van der Waals surface area contributed by atoms with E-state index in [4.69, 9.17) is 4.42 Å². The molecule has 2 aliphatic carbocycles. The third-order valence-corrected chi connectivity index (χ3v) is 9.82. The standard InChI is InChI=1S/C40H31NO/c1-24-12-10-21-35(41-33-19-8-5-13-25(33)26-14-6-9-20-34(26)41)36(24)30-17-11-16-27-28-22-23-32-37(39(28)42-38(27)30)29-15-4-7-18-31(29)40(32,2)3/h4-8,10-19,21-23H,9,20H2,1-3H3. The van der Waals surface area contributed by atoms with E-state index in [-0.39, 0.29) is 5.41 Å². The number of benzene rings is 5. The van der Waals surface area contributed by atoms with Crippen molar-refractivity contribution in [2.45, 2.75) is 39.0 Å². The molecule has 0 saturated heterocycles. The number of fused-ring (bicyclic) bond motifs is 10. The van der Waals surface area contributed by atoms with Crippen LogP contribution in [0.1, 0.15) is 48.2 Å². The van der Waals surface area contributed by atoms with Crippen molar-refractivity contribution in [3.63, 3.8) is 0 Å². The van der Waals surface area contributed by atoms with Gasteiger partial charge in [0.25, 0.3) is 0 Å². The molecule has 2 aliphatic rings. The van der Waals surface area contributed by atoms with Crippen molar-refractivity contribution in [2.24, 2.45) is 0 Å². The van der Waals surface area contributed by atoms with Gasteiger partial charge in [-0.3, -0.25) is 0 Å². The van der Waals surface area contributed by atoms with Gasteiger partial charge in [-0.2, -0.15) is 0 Å². The topological polar surface area (TPSA) is 18.1 Å². The van der Waals surface area contributed by atoms with E-state index >= 15 is 0 Å². The number of furan rings is 1. The van der Waals surface area contributed by atoms with Crippen LogP contribution in [0.4, 0.5) is 0 Å². The zero-order chi connectivity index (χ0) is 28.2. The molecule has 0 saturated carbocycles. The molecule has 0 unspecified atom stereocenters. The van der Waals surface area contributed by atoms with Gasteiger partial charge in [0.15, 0.2) is 0 Å². The normalized spacial score (nSPS) is 14.9. The number of para-hydroxylation sites is 2. The number of hydrogen-bond acceptors (Lipinski definition) is 1. The fourth-order valence-corrected chi connectivity index (χ4v) is 7.87. The molecule has 0 atom stereocenters. The van der Waals surface area contributed by atoms with Crippen molar-refractivity contribution >= 4 is 38.9 Å². The first-order valence-corrected chi connectivity index (χ1v) is 15.0. The highest BCUT2D eigenvalue weighted by Crippen LogP contribution is 2.53. The van der Waals surface area contributed by atoms with Crippen LogP contribution < -0.4 is 0 Å². The van der Waals surface area contributed by atoms with Gasteiger partial charge in [0.2, 0.25) is 0 Å². The molecule has 5 aromatic carbocycles. The monoisotopic (exact) mass is 541 g/mol. The minimum atomic E-state index is -0.0614. The Hall–Kier alpha value is -4.82. The lowest BCUT2D eigenvalue weighted by molar-refractivity contribution is 0.653. The number of allylic oxidation sites excluding steroid dienone is 1. The lowest BCUT2D eigenvalue weighted by Gasteiger charge is -2.21. The summed E-state index contributed by atoms with van der Waals surface area (Å²) in [6.07, 6.45) is 6.72. The van der Waals surface area contributed by atoms with Crippen molar-refractivity contribution < 1.29 is 4.42 Å². The zero-order valence-electron chi connectivity index (χ0n) is 24.2. The Bertz CT molecular complexity index is 2290. The molecule has 2 heterocycles. The van der Waals surface area contributed by atoms with Gasteiger partial charge in [-0.05, 0) is 54.2 Å². The summed E-state index contributed by atoms with van der Waals surface area (Å²) < 4.78 is 9.55. The largest absolute Gasteiger partial charge is 0.455 e. The van der Waals surface area contributed by atoms with Crippen LogP contribution in [0.15, 0.2) is 108 Å². The van der Waals surface area contributed by atoms with Gasteiger partial charge >= 0.3 is 0 Å². The van der Waals surface area contributed by atoms with E-state index in [9.17, 15) is 0 Å². The van der Waals surface area contributed by atoms with Crippen LogP contribution in [0.5, 0.6) is 0 Å². The van der Waals surface area contributed by atoms with Crippen LogP contribution >= 0.6 is 0 Å². The van der Waals surface area contributed by atoms with Crippen molar-refractivity contribution in [2.75, 3.05) is 0 Å². The molecule has 0 spiro atoms. The highest BCUT2D eigenvalue weighted by molar-refractivity contribution is 6.15. The second-order valence-electron chi connectivity index (χ2n) is 12.4. The van der Waals surface area contributed by atoms with E-state index in [0.717, 1.165) is 29.6 Å². The third-order valence-electron chi connectivity index (χ3n) is 9.82. The maximum atomic E-state index is 7.04. The van der Waals surface area contributed by atoms with Gasteiger partial charge in [-0.1, -0.05) is 111 Å². The van der Waals surface area contributed by atoms with Crippen molar-refractivity contribution in [1.82, 2.24) is 4.57 Å². The predicted octanol–water partition coefficient (Wildman–Crippen LogP) is 10.8. The van der Waals surface area contributed by atoms with Gasteiger partial charge in [0.05, 0.1) is 11.2 Å². The van der Waals surface area contributed by atoms with Crippen LogP contribution in [0.3, 0.4) is 0 Å². The molecule has 2 heteroatoms. The lowest BCUT2D eigenvalue weighted by atomic mass is 9.82. The molecule has 2 nitrogen and oxygen atoms in total. The quantitative estimate of drug-likeness (QED) is 0.213. The highest BCUT2D eigenvalue weighted by Gasteiger charge is 2.37. The Labute approximate surface area is 245 Å². The number of aryl methyl sites for hydroxylation is 1. The van der Waals surface area contributed by atoms with E-state index in [1.807, 2.05) is 0 Å². The van der Waals surface area contributed by atoms with Gasteiger partial charge < -0.3 is 8.98 Å². The average molecular weight is 542 g/mol. The van der Waals surface area contributed by atoms with Gasteiger partial charge in [0, 0.05) is 49.5 Å². The van der Waals surface area contributed by atoms with E-state index < -0.39 is 0 Å². The second-order valence-corrected chi connectivity index (χ2v) is 12.4. The number of nitrogens with zero attached hydrogens (tertiary/aromatic N) is 1. The number of aromatic nitrogens is 1. The van der Waals surface area contributed by atoms with Crippen molar-refractivity contribution in [3.8, 4) is 27.9 Å². The van der Waals surface area contributed by atoms with Crippen molar-refractivity contribution in [3.05, 3.63) is 131 Å². The maximum absolute atomic E-state index is 7.04. The molecule has 0 fully saturated rings. The minimum Gasteiger partial charge on any atom is -0.455 e. The maximum Gasteiger partial charge on any atom is 0.143 e. The summed E-state index contributed by atoms with van der Waals surface area (Å²) in [6.45, 7) is 6.89. The molecular formula is C40H31NO. The van der Waals surface area contributed by atoms with Crippen LogP contribution in [0.2, 0.25) is 0 Å². The van der Waals surface area contributed by atoms with E-state index in [1.54, 1.807) is 0 Å². The molecule has 0 radical (unpaired) electrons. The summed E-state index contributed by atoms with van der Waals surface area (Å²) >= 11 is 0.